The van der Waals surface area contributed by atoms with Gasteiger partial charge in [0.25, 0.3) is 0 Å². The van der Waals surface area contributed by atoms with Crippen LogP contribution in [0.3, 0.4) is 0 Å². The Balaban J connectivity index is 1.44. The summed E-state index contributed by atoms with van der Waals surface area (Å²) in [5.41, 5.74) is 1.74. The van der Waals surface area contributed by atoms with Crippen LogP contribution in [0.4, 0.5) is 0 Å². The molecule has 7 nitrogen and oxygen atoms in total. The summed E-state index contributed by atoms with van der Waals surface area (Å²) >= 11 is 0. The van der Waals surface area contributed by atoms with E-state index in [1.54, 1.807) is 26.2 Å². The first-order valence-corrected chi connectivity index (χ1v) is 12.0. The Hall–Kier alpha value is -3.74. The van der Waals surface area contributed by atoms with Gasteiger partial charge in [-0.2, -0.15) is 0 Å². The van der Waals surface area contributed by atoms with E-state index in [-0.39, 0.29) is 24.2 Å². The van der Waals surface area contributed by atoms with Gasteiger partial charge in [-0.05, 0) is 56.9 Å². The Kier molecular flexibility index (Phi) is 7.44. The number of aryl methyl sites for hydroxylation is 1. The van der Waals surface area contributed by atoms with Gasteiger partial charge in [0.15, 0.2) is 0 Å². The molecule has 0 bridgehead atoms. The Morgan fingerprint density at radius 1 is 1.09 bits per heavy atom. The lowest BCUT2D eigenvalue weighted by Crippen LogP contribution is -2.57. The Morgan fingerprint density at radius 2 is 1.86 bits per heavy atom. The van der Waals surface area contributed by atoms with Crippen LogP contribution in [0, 0.1) is 6.92 Å². The SMILES string of the molecule is Cc1cccc(Oc2nccnc2[C@H]2CCCN(C(=O)C(C)(C)NC(=O)Cc3ccccc3)C2)c1. The van der Waals surface area contributed by atoms with Crippen molar-refractivity contribution >= 4 is 11.8 Å². The van der Waals surface area contributed by atoms with Gasteiger partial charge in [-0.3, -0.25) is 14.6 Å². The summed E-state index contributed by atoms with van der Waals surface area (Å²) in [4.78, 5) is 36.9. The fraction of sp³-hybridized carbons (Fsp3) is 0.357. The highest BCUT2D eigenvalue weighted by Crippen LogP contribution is 2.33. The lowest BCUT2D eigenvalue weighted by atomic mass is 9.92. The van der Waals surface area contributed by atoms with Crippen molar-refractivity contribution in [1.82, 2.24) is 20.2 Å². The second kappa shape index (κ2) is 10.7. The van der Waals surface area contributed by atoms with E-state index in [9.17, 15) is 9.59 Å². The van der Waals surface area contributed by atoms with Gasteiger partial charge in [-0.25, -0.2) is 4.98 Å². The van der Waals surface area contributed by atoms with E-state index in [1.165, 1.54) is 0 Å². The zero-order chi connectivity index (χ0) is 24.8. The zero-order valence-corrected chi connectivity index (χ0v) is 20.5. The average molecular weight is 473 g/mol. The number of nitrogens with zero attached hydrogens (tertiary/aromatic N) is 3. The van der Waals surface area contributed by atoms with Crippen LogP contribution in [0.5, 0.6) is 11.6 Å². The van der Waals surface area contributed by atoms with Crippen LogP contribution in [0.15, 0.2) is 67.0 Å². The normalized spacial score (nSPS) is 16.0. The second-order valence-corrected chi connectivity index (χ2v) is 9.59. The molecule has 0 unspecified atom stereocenters. The molecule has 0 aliphatic carbocycles. The third-order valence-electron chi connectivity index (χ3n) is 6.18. The maximum absolute atomic E-state index is 13.4. The second-order valence-electron chi connectivity index (χ2n) is 9.59. The molecule has 1 atom stereocenters. The fourth-order valence-electron chi connectivity index (χ4n) is 4.49. The van der Waals surface area contributed by atoms with E-state index in [2.05, 4.69) is 15.3 Å². The number of ether oxygens (including phenoxy) is 1. The minimum absolute atomic E-state index is 0.00275. The number of aromatic nitrogens is 2. The summed E-state index contributed by atoms with van der Waals surface area (Å²) in [5.74, 6) is 0.891. The molecule has 7 heteroatoms. The Morgan fingerprint density at radius 3 is 2.63 bits per heavy atom. The van der Waals surface area contributed by atoms with E-state index in [1.807, 2.05) is 66.4 Å². The van der Waals surface area contributed by atoms with Crippen molar-refractivity contribution in [3.8, 4) is 11.6 Å². The number of benzene rings is 2. The lowest BCUT2D eigenvalue weighted by Gasteiger charge is -2.37. The van der Waals surface area contributed by atoms with Gasteiger partial charge < -0.3 is 15.0 Å². The molecule has 2 aromatic carbocycles. The molecule has 2 heterocycles. The summed E-state index contributed by atoms with van der Waals surface area (Å²) in [6.45, 7) is 6.67. The highest BCUT2D eigenvalue weighted by atomic mass is 16.5. The molecule has 0 saturated carbocycles. The van der Waals surface area contributed by atoms with Crippen LogP contribution in [-0.2, 0) is 16.0 Å². The highest BCUT2D eigenvalue weighted by molar-refractivity contribution is 5.91. The molecule has 0 spiro atoms. The van der Waals surface area contributed by atoms with Crippen molar-refractivity contribution in [2.45, 2.75) is 51.5 Å². The lowest BCUT2D eigenvalue weighted by molar-refractivity contribution is -0.141. The molecular weight excluding hydrogens is 440 g/mol. The maximum atomic E-state index is 13.4. The highest BCUT2D eigenvalue weighted by Gasteiger charge is 2.37. The molecule has 35 heavy (non-hydrogen) atoms. The van der Waals surface area contributed by atoms with Crippen LogP contribution in [0.2, 0.25) is 0 Å². The van der Waals surface area contributed by atoms with E-state index in [4.69, 9.17) is 4.74 Å². The molecule has 4 rings (SSSR count). The molecule has 1 N–H and O–H groups in total. The predicted molar refractivity (Wildman–Crippen MR) is 134 cm³/mol. The molecule has 1 saturated heterocycles. The number of hydrogen-bond donors (Lipinski definition) is 1. The van der Waals surface area contributed by atoms with Crippen molar-refractivity contribution in [3.63, 3.8) is 0 Å². The smallest absolute Gasteiger partial charge is 0.247 e. The first kappa shape index (κ1) is 24.4. The molecule has 1 aromatic heterocycles. The number of amides is 2. The van der Waals surface area contributed by atoms with Crippen molar-refractivity contribution in [2.75, 3.05) is 13.1 Å². The predicted octanol–water partition coefficient (Wildman–Crippen LogP) is 4.42. The fourth-order valence-corrected chi connectivity index (χ4v) is 4.49. The van der Waals surface area contributed by atoms with Crippen molar-refractivity contribution in [3.05, 3.63) is 83.8 Å². The van der Waals surface area contributed by atoms with Gasteiger partial charge in [0.2, 0.25) is 17.7 Å². The number of likely N-dealkylation sites (tertiary alicyclic amines) is 1. The summed E-state index contributed by atoms with van der Waals surface area (Å²) in [6, 6.07) is 17.3. The first-order valence-electron chi connectivity index (χ1n) is 12.0. The van der Waals surface area contributed by atoms with Crippen LogP contribution in [0.25, 0.3) is 0 Å². The molecule has 0 radical (unpaired) electrons. The molecule has 182 valence electrons. The van der Waals surface area contributed by atoms with Gasteiger partial charge in [0, 0.05) is 31.4 Å². The van der Waals surface area contributed by atoms with Crippen molar-refractivity contribution in [1.29, 1.82) is 0 Å². The van der Waals surface area contributed by atoms with Gasteiger partial charge in [-0.1, -0.05) is 42.5 Å². The number of rotatable bonds is 7. The van der Waals surface area contributed by atoms with Crippen LogP contribution in [-0.4, -0.2) is 45.3 Å². The largest absolute Gasteiger partial charge is 0.437 e. The minimum Gasteiger partial charge on any atom is -0.437 e. The number of hydrogen-bond acceptors (Lipinski definition) is 5. The zero-order valence-electron chi connectivity index (χ0n) is 20.5. The molecule has 1 aliphatic heterocycles. The van der Waals surface area contributed by atoms with Gasteiger partial charge >= 0.3 is 0 Å². The number of nitrogens with one attached hydrogen (secondary N) is 1. The van der Waals surface area contributed by atoms with E-state index < -0.39 is 5.54 Å². The number of carbonyl (C=O) groups excluding carboxylic acids is 2. The van der Waals surface area contributed by atoms with Crippen LogP contribution < -0.4 is 10.1 Å². The number of piperidine rings is 1. The van der Waals surface area contributed by atoms with Crippen LogP contribution in [0.1, 0.15) is 49.4 Å². The van der Waals surface area contributed by atoms with Gasteiger partial charge in [-0.15, -0.1) is 0 Å². The third kappa shape index (κ3) is 6.23. The van der Waals surface area contributed by atoms with Crippen molar-refractivity contribution in [2.24, 2.45) is 0 Å². The quantitative estimate of drug-likeness (QED) is 0.550. The maximum Gasteiger partial charge on any atom is 0.247 e. The average Bonchev–Trinajstić information content (AvgIpc) is 2.84. The molecule has 1 fully saturated rings. The molecule has 3 aromatic rings. The molecule has 2 amide bonds. The Bertz CT molecular complexity index is 1180. The third-order valence-corrected chi connectivity index (χ3v) is 6.18. The Labute approximate surface area is 206 Å². The first-order chi connectivity index (χ1) is 16.8. The van der Waals surface area contributed by atoms with E-state index in [0.29, 0.717) is 24.7 Å². The monoisotopic (exact) mass is 472 g/mol. The minimum atomic E-state index is -1.02. The summed E-state index contributed by atoms with van der Waals surface area (Å²) < 4.78 is 6.08. The van der Waals surface area contributed by atoms with Crippen LogP contribution >= 0.6 is 0 Å². The summed E-state index contributed by atoms with van der Waals surface area (Å²) in [6.07, 6.45) is 5.23. The van der Waals surface area contributed by atoms with E-state index >= 15 is 0 Å². The van der Waals surface area contributed by atoms with Gasteiger partial charge in [0.05, 0.1) is 6.42 Å². The molecule has 1 aliphatic rings. The van der Waals surface area contributed by atoms with E-state index in [0.717, 1.165) is 29.7 Å². The van der Waals surface area contributed by atoms with Gasteiger partial charge in [0.1, 0.15) is 17.0 Å². The van der Waals surface area contributed by atoms with Crippen molar-refractivity contribution < 1.29 is 14.3 Å². The topological polar surface area (TPSA) is 84.4 Å². The summed E-state index contributed by atoms with van der Waals surface area (Å²) in [7, 11) is 0. The summed E-state index contributed by atoms with van der Waals surface area (Å²) in [5, 5.41) is 2.92. The molecular formula is C28H32N4O3. The standard InChI is InChI=1S/C28H32N4O3/c1-20-9-7-13-23(17-20)35-26-25(29-14-15-30-26)22-12-8-16-32(19-22)27(34)28(2,3)31-24(33)18-21-10-5-4-6-11-21/h4-7,9-11,13-15,17,22H,8,12,16,18-19H2,1-3H3,(H,31,33)/t22-/m0/s1. The number of carbonyl (C=O) groups is 2.